The minimum absolute atomic E-state index is 0.394. The van der Waals surface area contributed by atoms with Gasteiger partial charge in [-0.15, -0.1) is 0 Å². The monoisotopic (exact) mass is 361 g/mol. The zero-order chi connectivity index (χ0) is 12.3. The van der Waals surface area contributed by atoms with E-state index in [0.717, 1.165) is 30.5 Å². The van der Waals surface area contributed by atoms with Crippen molar-refractivity contribution in [1.82, 2.24) is 5.32 Å². The maximum absolute atomic E-state index is 5.44. The van der Waals surface area contributed by atoms with E-state index in [-0.39, 0.29) is 0 Å². The van der Waals surface area contributed by atoms with Gasteiger partial charge in [0.15, 0.2) is 0 Å². The summed E-state index contributed by atoms with van der Waals surface area (Å²) in [5, 5.41) is 3.45. The van der Waals surface area contributed by atoms with Gasteiger partial charge in [0.1, 0.15) is 0 Å². The Morgan fingerprint density at radius 3 is 2.65 bits per heavy atom. The number of rotatable bonds is 3. The molecule has 1 heterocycles. The van der Waals surface area contributed by atoms with E-state index >= 15 is 0 Å². The normalized spacial score (nSPS) is 19.2. The molecule has 17 heavy (non-hydrogen) atoms. The fourth-order valence-corrected chi connectivity index (χ4v) is 3.32. The van der Waals surface area contributed by atoms with Gasteiger partial charge < -0.3 is 10.1 Å². The zero-order valence-electron chi connectivity index (χ0n) is 9.88. The lowest BCUT2D eigenvalue weighted by Crippen LogP contribution is -2.30. The van der Waals surface area contributed by atoms with Crippen LogP contribution in [0.3, 0.4) is 0 Å². The number of hydrogen-bond acceptors (Lipinski definition) is 2. The maximum atomic E-state index is 5.44. The smallest absolute Gasteiger partial charge is 0.0469 e. The van der Waals surface area contributed by atoms with Gasteiger partial charge in [-0.3, -0.25) is 0 Å². The molecule has 4 heteroatoms. The first-order valence-corrected chi connectivity index (χ1v) is 7.51. The third-order valence-corrected chi connectivity index (χ3v) is 4.56. The summed E-state index contributed by atoms with van der Waals surface area (Å²) in [4.78, 5) is 0. The van der Waals surface area contributed by atoms with Gasteiger partial charge in [-0.2, -0.15) is 0 Å². The molecule has 1 aliphatic rings. The number of halogens is 2. The molecule has 0 saturated carbocycles. The van der Waals surface area contributed by atoms with E-state index in [1.165, 1.54) is 10.0 Å². The fraction of sp³-hybridized carbons (Fsp3) is 0.538. The molecule has 94 valence electrons. The van der Waals surface area contributed by atoms with E-state index in [0.29, 0.717) is 12.0 Å². The van der Waals surface area contributed by atoms with Crippen LogP contribution in [0.15, 0.2) is 27.1 Å². The van der Waals surface area contributed by atoms with Crippen molar-refractivity contribution in [3.63, 3.8) is 0 Å². The average Bonchev–Trinajstić information content (AvgIpc) is 2.36. The van der Waals surface area contributed by atoms with Crippen molar-refractivity contribution in [2.45, 2.75) is 18.9 Å². The molecule has 0 aromatic heterocycles. The lowest BCUT2D eigenvalue weighted by atomic mass is 9.87. The van der Waals surface area contributed by atoms with Gasteiger partial charge in [0, 0.05) is 28.2 Å². The van der Waals surface area contributed by atoms with Crippen LogP contribution in [0.4, 0.5) is 0 Å². The molecule has 0 amide bonds. The Labute approximate surface area is 119 Å². The largest absolute Gasteiger partial charge is 0.381 e. The summed E-state index contributed by atoms with van der Waals surface area (Å²) in [7, 11) is 2.04. The summed E-state index contributed by atoms with van der Waals surface area (Å²) in [5.41, 5.74) is 1.33. The number of hydrogen-bond donors (Lipinski definition) is 1. The van der Waals surface area contributed by atoms with Crippen LogP contribution in [0.1, 0.15) is 24.4 Å². The molecule has 2 nitrogen and oxygen atoms in total. The molecule has 0 aliphatic carbocycles. The number of benzene rings is 1. The molecule has 1 aromatic carbocycles. The van der Waals surface area contributed by atoms with Gasteiger partial charge in [0.05, 0.1) is 0 Å². The second-order valence-corrected chi connectivity index (χ2v) is 6.15. The van der Waals surface area contributed by atoms with Crippen molar-refractivity contribution in [1.29, 1.82) is 0 Å². The minimum atomic E-state index is 0.394. The lowest BCUT2D eigenvalue weighted by molar-refractivity contribution is 0.0545. The van der Waals surface area contributed by atoms with Crippen molar-refractivity contribution < 1.29 is 4.74 Å². The van der Waals surface area contributed by atoms with Gasteiger partial charge >= 0.3 is 0 Å². The van der Waals surface area contributed by atoms with Gasteiger partial charge in [0.2, 0.25) is 0 Å². The molecule has 1 unspecified atom stereocenters. The quantitative estimate of drug-likeness (QED) is 0.880. The molecule has 0 spiro atoms. The molecule has 1 aliphatic heterocycles. The van der Waals surface area contributed by atoms with Gasteiger partial charge in [-0.25, -0.2) is 0 Å². The number of ether oxygens (including phenoxy) is 1. The molecule has 1 N–H and O–H groups in total. The van der Waals surface area contributed by atoms with Gasteiger partial charge in [-0.05, 0) is 49.6 Å². The molecule has 0 bridgehead atoms. The Balaban J connectivity index is 2.24. The predicted octanol–water partition coefficient (Wildman–Crippen LogP) is 3.90. The van der Waals surface area contributed by atoms with Crippen LogP contribution in [-0.4, -0.2) is 20.3 Å². The van der Waals surface area contributed by atoms with Crippen molar-refractivity contribution >= 4 is 31.9 Å². The van der Waals surface area contributed by atoms with Crippen LogP contribution >= 0.6 is 31.9 Å². The summed E-state index contributed by atoms with van der Waals surface area (Å²) in [6.07, 6.45) is 2.26. The first kappa shape index (κ1) is 13.5. The molecule has 2 rings (SSSR count). The second kappa shape index (κ2) is 6.32. The van der Waals surface area contributed by atoms with Crippen LogP contribution in [0.2, 0.25) is 0 Å². The molecule has 1 saturated heterocycles. The Hall–Kier alpha value is 0.1000. The highest BCUT2D eigenvalue weighted by atomic mass is 79.9. The van der Waals surface area contributed by atoms with E-state index in [9.17, 15) is 0 Å². The van der Waals surface area contributed by atoms with Crippen LogP contribution in [0.5, 0.6) is 0 Å². The Morgan fingerprint density at radius 2 is 2.00 bits per heavy atom. The molecule has 0 radical (unpaired) electrons. The summed E-state index contributed by atoms with van der Waals surface area (Å²) >= 11 is 7.19. The zero-order valence-corrected chi connectivity index (χ0v) is 13.1. The van der Waals surface area contributed by atoms with Crippen LogP contribution in [0, 0.1) is 5.92 Å². The van der Waals surface area contributed by atoms with Crippen molar-refractivity contribution in [2.24, 2.45) is 5.92 Å². The first-order chi connectivity index (χ1) is 8.22. The molecule has 1 fully saturated rings. The van der Waals surface area contributed by atoms with E-state index < -0.39 is 0 Å². The van der Waals surface area contributed by atoms with Crippen molar-refractivity contribution in [2.75, 3.05) is 20.3 Å². The fourth-order valence-electron chi connectivity index (χ4n) is 2.45. The lowest BCUT2D eigenvalue weighted by Gasteiger charge is -2.31. The average molecular weight is 363 g/mol. The third-order valence-electron chi connectivity index (χ3n) is 3.34. The minimum Gasteiger partial charge on any atom is -0.381 e. The van der Waals surface area contributed by atoms with E-state index in [1.54, 1.807) is 0 Å². The maximum Gasteiger partial charge on any atom is 0.0469 e. The predicted molar refractivity (Wildman–Crippen MR) is 77.2 cm³/mol. The first-order valence-electron chi connectivity index (χ1n) is 5.92. The van der Waals surface area contributed by atoms with Crippen LogP contribution < -0.4 is 5.32 Å². The SMILES string of the molecule is CNC(c1cc(Br)ccc1Br)C1CCOCC1. The highest BCUT2D eigenvalue weighted by Crippen LogP contribution is 2.35. The summed E-state index contributed by atoms with van der Waals surface area (Å²) in [6.45, 7) is 1.77. The standard InChI is InChI=1S/C13H17Br2NO/c1-16-13(9-4-6-17-7-5-9)11-8-10(14)2-3-12(11)15/h2-3,8-9,13,16H,4-7H2,1H3. The van der Waals surface area contributed by atoms with Crippen molar-refractivity contribution in [3.8, 4) is 0 Å². The van der Waals surface area contributed by atoms with E-state index in [4.69, 9.17) is 4.74 Å². The van der Waals surface area contributed by atoms with Crippen LogP contribution in [0.25, 0.3) is 0 Å². The molecular weight excluding hydrogens is 346 g/mol. The Bertz CT molecular complexity index is 378. The van der Waals surface area contributed by atoms with E-state index in [2.05, 4.69) is 55.4 Å². The highest BCUT2D eigenvalue weighted by Gasteiger charge is 2.25. The highest BCUT2D eigenvalue weighted by molar-refractivity contribution is 9.11. The Morgan fingerprint density at radius 1 is 1.29 bits per heavy atom. The van der Waals surface area contributed by atoms with Gasteiger partial charge in [0.25, 0.3) is 0 Å². The summed E-state index contributed by atoms with van der Waals surface area (Å²) in [5.74, 6) is 0.652. The molecule has 1 aromatic rings. The molecular formula is C13H17Br2NO. The molecule has 1 atom stereocenters. The topological polar surface area (TPSA) is 21.3 Å². The Kier molecular flexibility index (Phi) is 5.03. The van der Waals surface area contributed by atoms with Crippen molar-refractivity contribution in [3.05, 3.63) is 32.7 Å². The summed E-state index contributed by atoms with van der Waals surface area (Å²) in [6, 6.07) is 6.75. The van der Waals surface area contributed by atoms with Crippen LogP contribution in [-0.2, 0) is 4.74 Å². The number of nitrogens with one attached hydrogen (secondary N) is 1. The van der Waals surface area contributed by atoms with Gasteiger partial charge in [-0.1, -0.05) is 31.9 Å². The van der Waals surface area contributed by atoms with E-state index in [1.807, 2.05) is 7.05 Å². The second-order valence-electron chi connectivity index (χ2n) is 4.38. The summed E-state index contributed by atoms with van der Waals surface area (Å²) < 4.78 is 7.74. The third kappa shape index (κ3) is 3.31.